The van der Waals surface area contributed by atoms with Crippen LogP contribution in [0.5, 0.6) is 0 Å². The van der Waals surface area contributed by atoms with Crippen molar-refractivity contribution < 1.29 is 23.1 Å². The van der Waals surface area contributed by atoms with Gasteiger partial charge in [0.15, 0.2) is 0 Å². The molecule has 120 valence electrons. The predicted molar refractivity (Wildman–Crippen MR) is 76.0 cm³/mol. The first-order valence-electron chi connectivity index (χ1n) is 7.17. The van der Waals surface area contributed by atoms with E-state index < -0.39 is 21.9 Å². The van der Waals surface area contributed by atoms with Gasteiger partial charge >= 0.3 is 5.97 Å². The van der Waals surface area contributed by atoms with Crippen LogP contribution >= 0.6 is 0 Å². The minimum Gasteiger partial charge on any atom is -0.481 e. The summed E-state index contributed by atoms with van der Waals surface area (Å²) in [6.45, 7) is 3.44. The molecule has 0 saturated carbocycles. The number of nitrogens with zero attached hydrogens (tertiary/aromatic N) is 2. The Bertz CT molecular complexity index is 519. The zero-order chi connectivity index (χ0) is 15.8. The van der Waals surface area contributed by atoms with Crippen molar-refractivity contribution in [3.8, 4) is 0 Å². The minimum absolute atomic E-state index is 0.0301. The maximum Gasteiger partial charge on any atom is 0.306 e. The third kappa shape index (κ3) is 3.55. The van der Waals surface area contributed by atoms with Gasteiger partial charge in [0.05, 0.1) is 12.2 Å². The van der Waals surface area contributed by atoms with Gasteiger partial charge in [-0.05, 0) is 12.8 Å². The van der Waals surface area contributed by atoms with E-state index in [1.54, 1.807) is 11.8 Å². The number of carbonyl (C=O) groups excluding carboxylic acids is 1. The lowest BCUT2D eigenvalue weighted by Crippen LogP contribution is -2.56. The summed E-state index contributed by atoms with van der Waals surface area (Å²) in [5.41, 5.74) is 0. The molecule has 0 bridgehead atoms. The van der Waals surface area contributed by atoms with Gasteiger partial charge in [-0.1, -0.05) is 6.92 Å². The third-order valence-electron chi connectivity index (χ3n) is 4.59. The lowest BCUT2D eigenvalue weighted by molar-refractivity contribution is -0.153. The van der Waals surface area contributed by atoms with E-state index >= 15 is 0 Å². The highest BCUT2D eigenvalue weighted by molar-refractivity contribution is 7.88. The Balaban J connectivity index is 1.81. The first kappa shape index (κ1) is 16.2. The van der Waals surface area contributed by atoms with Crippen molar-refractivity contribution in [3.63, 3.8) is 0 Å². The Morgan fingerprint density at radius 2 is 1.71 bits per heavy atom. The molecule has 1 unspecified atom stereocenters. The van der Waals surface area contributed by atoms with Crippen molar-refractivity contribution in [2.45, 2.75) is 19.8 Å². The summed E-state index contributed by atoms with van der Waals surface area (Å²) < 4.78 is 24.2. The van der Waals surface area contributed by atoms with Gasteiger partial charge in [-0.3, -0.25) is 9.59 Å². The third-order valence-corrected chi connectivity index (χ3v) is 5.89. The molecule has 8 heteroatoms. The van der Waals surface area contributed by atoms with Crippen molar-refractivity contribution in [1.29, 1.82) is 0 Å². The molecular weight excluding hydrogens is 296 g/mol. The van der Waals surface area contributed by atoms with Crippen LogP contribution in [0.2, 0.25) is 0 Å². The molecule has 0 aromatic carbocycles. The number of amides is 1. The van der Waals surface area contributed by atoms with E-state index in [1.807, 2.05) is 0 Å². The summed E-state index contributed by atoms with van der Waals surface area (Å²) >= 11 is 0. The van der Waals surface area contributed by atoms with Crippen molar-refractivity contribution >= 4 is 21.9 Å². The summed E-state index contributed by atoms with van der Waals surface area (Å²) in [4.78, 5) is 24.9. The number of rotatable bonds is 4. The number of piperidine rings is 1. The number of carboxylic acids is 1. The quantitative estimate of drug-likeness (QED) is 0.777. The first-order chi connectivity index (χ1) is 9.70. The predicted octanol–water partition coefficient (Wildman–Crippen LogP) is -0.163. The summed E-state index contributed by atoms with van der Waals surface area (Å²) in [6, 6.07) is 0. The van der Waals surface area contributed by atoms with Crippen molar-refractivity contribution in [2.24, 2.45) is 17.8 Å². The Morgan fingerprint density at radius 3 is 2.14 bits per heavy atom. The molecule has 1 atom stereocenters. The number of aliphatic carboxylic acids is 1. The van der Waals surface area contributed by atoms with Crippen molar-refractivity contribution in [3.05, 3.63) is 0 Å². The minimum atomic E-state index is -3.17. The van der Waals surface area contributed by atoms with Crippen LogP contribution < -0.4 is 0 Å². The Morgan fingerprint density at radius 1 is 1.19 bits per heavy atom. The summed E-state index contributed by atoms with van der Waals surface area (Å²) in [5, 5.41) is 8.93. The fourth-order valence-corrected chi connectivity index (χ4v) is 3.78. The normalized spacial score (nSPS) is 23.6. The lowest BCUT2D eigenvalue weighted by Gasteiger charge is -2.43. The molecule has 2 heterocycles. The maximum atomic E-state index is 12.3. The van der Waals surface area contributed by atoms with E-state index in [9.17, 15) is 18.0 Å². The number of hydrogen-bond donors (Lipinski definition) is 1. The molecule has 0 spiro atoms. The Hall–Kier alpha value is -1.15. The van der Waals surface area contributed by atoms with Gasteiger partial charge in [-0.15, -0.1) is 0 Å². The van der Waals surface area contributed by atoms with Gasteiger partial charge < -0.3 is 10.0 Å². The second-order valence-corrected chi connectivity index (χ2v) is 8.05. The smallest absolute Gasteiger partial charge is 0.306 e. The molecule has 2 rings (SSSR count). The van der Waals surface area contributed by atoms with Crippen LogP contribution in [0.25, 0.3) is 0 Å². The highest BCUT2D eigenvalue weighted by Gasteiger charge is 2.40. The van der Waals surface area contributed by atoms with Gasteiger partial charge in [-0.2, -0.15) is 0 Å². The molecule has 2 aliphatic heterocycles. The fourth-order valence-electron chi connectivity index (χ4n) is 2.90. The highest BCUT2D eigenvalue weighted by atomic mass is 32.2. The molecule has 0 aliphatic carbocycles. The molecule has 2 saturated heterocycles. The molecule has 0 aromatic heterocycles. The van der Waals surface area contributed by atoms with E-state index in [2.05, 4.69) is 0 Å². The fraction of sp³-hybridized carbons (Fsp3) is 0.846. The molecule has 0 aromatic rings. The average molecular weight is 318 g/mol. The number of hydrogen-bond acceptors (Lipinski definition) is 4. The number of likely N-dealkylation sites (tertiary alicyclic amines) is 1. The molecule has 2 aliphatic rings. The van der Waals surface area contributed by atoms with Gasteiger partial charge in [0.1, 0.15) is 0 Å². The summed E-state index contributed by atoms with van der Waals surface area (Å²) in [6.07, 6.45) is 2.27. The zero-order valence-corrected chi connectivity index (χ0v) is 13.2. The monoisotopic (exact) mass is 318 g/mol. The molecule has 7 nitrogen and oxygen atoms in total. The highest BCUT2D eigenvalue weighted by Crippen LogP contribution is 2.28. The van der Waals surface area contributed by atoms with E-state index in [0.717, 1.165) is 0 Å². The number of carbonyl (C=O) groups is 2. The SMILES string of the molecule is CC(C(=O)O)C1CN(C(=O)C2CCN(S(C)(=O)=O)CC2)C1. The van der Waals surface area contributed by atoms with Gasteiger partial charge in [0, 0.05) is 38.0 Å². The Kier molecular flexibility index (Phi) is 4.57. The van der Waals surface area contributed by atoms with Gasteiger partial charge in [0.25, 0.3) is 0 Å². The molecule has 2 fully saturated rings. The van der Waals surface area contributed by atoms with Crippen molar-refractivity contribution in [2.75, 3.05) is 32.4 Å². The molecule has 21 heavy (non-hydrogen) atoms. The van der Waals surface area contributed by atoms with Crippen LogP contribution in [0.1, 0.15) is 19.8 Å². The first-order valence-corrected chi connectivity index (χ1v) is 9.01. The van der Waals surface area contributed by atoms with Crippen LogP contribution in [0.3, 0.4) is 0 Å². The zero-order valence-electron chi connectivity index (χ0n) is 12.4. The van der Waals surface area contributed by atoms with Crippen LogP contribution in [-0.2, 0) is 19.6 Å². The van der Waals surface area contributed by atoms with Gasteiger partial charge in [-0.25, -0.2) is 12.7 Å². The molecule has 1 N–H and O–H groups in total. The standard InChI is InChI=1S/C13H22N2O5S/c1-9(13(17)18)11-7-14(8-11)12(16)10-3-5-15(6-4-10)21(2,19)20/h9-11H,3-8H2,1-2H3,(H,17,18). The largest absolute Gasteiger partial charge is 0.481 e. The van der Waals surface area contributed by atoms with Gasteiger partial charge in [0.2, 0.25) is 15.9 Å². The van der Waals surface area contributed by atoms with E-state index in [0.29, 0.717) is 39.0 Å². The van der Waals surface area contributed by atoms with E-state index in [-0.39, 0.29) is 17.7 Å². The molecule has 0 radical (unpaired) electrons. The van der Waals surface area contributed by atoms with Crippen LogP contribution in [0, 0.1) is 17.8 Å². The topological polar surface area (TPSA) is 95.0 Å². The van der Waals surface area contributed by atoms with Crippen LogP contribution in [0.15, 0.2) is 0 Å². The van der Waals surface area contributed by atoms with Crippen LogP contribution in [-0.4, -0.2) is 67.0 Å². The summed E-state index contributed by atoms with van der Waals surface area (Å²) in [5.74, 6) is -1.32. The van der Waals surface area contributed by atoms with Crippen LogP contribution in [0.4, 0.5) is 0 Å². The second kappa shape index (κ2) is 5.92. The average Bonchev–Trinajstić information content (AvgIpc) is 2.35. The van der Waals surface area contributed by atoms with E-state index in [1.165, 1.54) is 10.6 Å². The maximum absolute atomic E-state index is 12.3. The molecule has 1 amide bonds. The number of carboxylic acid groups (broad SMARTS) is 1. The second-order valence-electron chi connectivity index (χ2n) is 6.07. The lowest BCUT2D eigenvalue weighted by atomic mass is 9.85. The summed E-state index contributed by atoms with van der Waals surface area (Å²) in [7, 11) is -3.17. The van der Waals surface area contributed by atoms with E-state index in [4.69, 9.17) is 5.11 Å². The molecular formula is C13H22N2O5S. The van der Waals surface area contributed by atoms with Crippen molar-refractivity contribution in [1.82, 2.24) is 9.21 Å². The Labute approximate surface area is 125 Å². The number of sulfonamides is 1.